The van der Waals surface area contributed by atoms with Crippen LogP contribution in [0.4, 0.5) is 0 Å². The lowest BCUT2D eigenvalue weighted by Gasteiger charge is -2.57. The average molecular weight is 272 g/mol. The largest absolute Gasteiger partial charge is 0.374 e. The summed E-state index contributed by atoms with van der Waals surface area (Å²) >= 11 is 0. The standard InChI is InChI=1S/C17H24N2O/c1-11(9-18)19-2-3-20-16(10-19)17-14-5-12-4-13(7-14)8-15(17)6-12/h12-17H,1-8,10H2. The Bertz CT molecular complexity index is 424. The van der Waals surface area contributed by atoms with Crippen LogP contribution in [0.25, 0.3) is 0 Å². The van der Waals surface area contributed by atoms with Gasteiger partial charge in [-0.05, 0) is 61.7 Å². The number of nitrogens with zero attached hydrogens (tertiary/aromatic N) is 2. The number of rotatable bonds is 2. The lowest BCUT2D eigenvalue weighted by Crippen LogP contribution is -2.54. The molecule has 4 saturated carbocycles. The van der Waals surface area contributed by atoms with Crippen LogP contribution in [0.5, 0.6) is 0 Å². The van der Waals surface area contributed by atoms with E-state index in [1.807, 2.05) is 0 Å². The second-order valence-corrected chi connectivity index (χ2v) is 7.42. The number of morpholine rings is 1. The normalized spacial score (nSPS) is 46.2. The Balaban J connectivity index is 1.50. The van der Waals surface area contributed by atoms with Crippen LogP contribution in [-0.2, 0) is 4.74 Å². The first kappa shape index (κ1) is 12.7. The molecular formula is C17H24N2O. The molecule has 3 heteroatoms. The molecule has 4 aliphatic carbocycles. The van der Waals surface area contributed by atoms with Gasteiger partial charge in [-0.25, -0.2) is 0 Å². The lowest BCUT2D eigenvalue weighted by molar-refractivity contribution is -0.133. The molecule has 1 unspecified atom stereocenters. The fourth-order valence-electron chi connectivity index (χ4n) is 5.80. The zero-order chi connectivity index (χ0) is 13.7. The van der Waals surface area contributed by atoms with Gasteiger partial charge >= 0.3 is 0 Å². The maximum atomic E-state index is 9.05. The molecule has 1 heterocycles. The molecule has 5 aliphatic rings. The highest BCUT2D eigenvalue weighted by Gasteiger charge is 2.51. The monoisotopic (exact) mass is 272 g/mol. The van der Waals surface area contributed by atoms with Crippen molar-refractivity contribution in [3.63, 3.8) is 0 Å². The number of allylic oxidation sites excluding steroid dienone is 1. The molecule has 0 aromatic rings. The van der Waals surface area contributed by atoms with E-state index in [9.17, 15) is 0 Å². The molecule has 108 valence electrons. The van der Waals surface area contributed by atoms with Crippen LogP contribution in [0.2, 0.25) is 0 Å². The SMILES string of the molecule is C=C(C#N)N1CCOC(C2C3CC4CC(C3)CC2C4)C1. The molecule has 0 aromatic carbocycles. The summed E-state index contributed by atoms with van der Waals surface area (Å²) in [6.07, 6.45) is 7.60. The van der Waals surface area contributed by atoms with Crippen molar-refractivity contribution in [2.24, 2.45) is 29.6 Å². The van der Waals surface area contributed by atoms with E-state index in [4.69, 9.17) is 10.00 Å². The van der Waals surface area contributed by atoms with Crippen molar-refractivity contribution >= 4 is 0 Å². The van der Waals surface area contributed by atoms with E-state index in [2.05, 4.69) is 17.5 Å². The quantitative estimate of drug-likeness (QED) is 0.725. The molecule has 0 aromatic heterocycles. The van der Waals surface area contributed by atoms with Crippen LogP contribution in [0.15, 0.2) is 12.3 Å². The first-order valence-corrected chi connectivity index (χ1v) is 8.20. The van der Waals surface area contributed by atoms with Crippen molar-refractivity contribution in [1.82, 2.24) is 4.90 Å². The minimum absolute atomic E-state index is 0.337. The summed E-state index contributed by atoms with van der Waals surface area (Å²) < 4.78 is 6.14. The minimum atomic E-state index is 0.337. The summed E-state index contributed by atoms with van der Waals surface area (Å²) in [7, 11) is 0. The predicted molar refractivity (Wildman–Crippen MR) is 76.6 cm³/mol. The molecule has 1 aliphatic heterocycles. The first-order chi connectivity index (χ1) is 9.74. The number of hydrogen-bond acceptors (Lipinski definition) is 3. The predicted octanol–water partition coefficient (Wildman–Crippen LogP) is 2.80. The molecule has 1 atom stereocenters. The summed E-state index contributed by atoms with van der Waals surface area (Å²) in [4.78, 5) is 2.14. The molecule has 0 amide bonds. The summed E-state index contributed by atoms with van der Waals surface area (Å²) in [5, 5.41) is 9.05. The number of hydrogen-bond donors (Lipinski definition) is 0. The van der Waals surface area contributed by atoms with Crippen molar-refractivity contribution in [2.45, 2.75) is 38.2 Å². The second-order valence-electron chi connectivity index (χ2n) is 7.42. The highest BCUT2D eigenvalue weighted by molar-refractivity contribution is 5.15. The fraction of sp³-hybridized carbons (Fsp3) is 0.824. The zero-order valence-corrected chi connectivity index (χ0v) is 12.1. The van der Waals surface area contributed by atoms with Gasteiger partial charge in [-0.3, -0.25) is 0 Å². The molecule has 5 fully saturated rings. The van der Waals surface area contributed by atoms with Gasteiger partial charge in [0, 0.05) is 13.1 Å². The third-order valence-electron chi connectivity index (χ3n) is 6.33. The van der Waals surface area contributed by atoms with Crippen molar-refractivity contribution in [2.75, 3.05) is 19.7 Å². The van der Waals surface area contributed by atoms with Crippen molar-refractivity contribution in [3.05, 3.63) is 12.3 Å². The lowest BCUT2D eigenvalue weighted by atomic mass is 9.51. The Hall–Kier alpha value is -1.01. The Labute approximate surface area is 121 Å². The van der Waals surface area contributed by atoms with E-state index in [1.165, 1.54) is 32.1 Å². The first-order valence-electron chi connectivity index (χ1n) is 8.20. The Morgan fingerprint density at radius 1 is 1.10 bits per heavy atom. The minimum Gasteiger partial charge on any atom is -0.374 e. The van der Waals surface area contributed by atoms with Crippen molar-refractivity contribution < 1.29 is 4.74 Å². The third kappa shape index (κ3) is 1.97. The van der Waals surface area contributed by atoms with Crippen molar-refractivity contribution in [3.8, 4) is 6.07 Å². The van der Waals surface area contributed by atoms with E-state index in [1.54, 1.807) is 0 Å². The zero-order valence-electron chi connectivity index (χ0n) is 12.1. The van der Waals surface area contributed by atoms with E-state index in [-0.39, 0.29) is 0 Å². The van der Waals surface area contributed by atoms with Gasteiger partial charge in [0.15, 0.2) is 0 Å². The van der Waals surface area contributed by atoms with Crippen LogP contribution in [0, 0.1) is 40.9 Å². The summed E-state index contributed by atoms with van der Waals surface area (Å²) in [5.74, 6) is 4.57. The van der Waals surface area contributed by atoms with Crippen LogP contribution in [-0.4, -0.2) is 30.7 Å². The molecule has 20 heavy (non-hydrogen) atoms. The van der Waals surface area contributed by atoms with E-state index in [0.717, 1.165) is 49.3 Å². The highest BCUT2D eigenvalue weighted by atomic mass is 16.5. The van der Waals surface area contributed by atoms with Gasteiger partial charge in [-0.1, -0.05) is 6.58 Å². The topological polar surface area (TPSA) is 36.3 Å². The summed E-state index contributed by atoms with van der Waals surface area (Å²) in [6.45, 7) is 6.35. The van der Waals surface area contributed by atoms with Crippen LogP contribution < -0.4 is 0 Å². The summed E-state index contributed by atoms with van der Waals surface area (Å²) in [6, 6.07) is 2.20. The highest BCUT2D eigenvalue weighted by Crippen LogP contribution is 2.57. The average Bonchev–Trinajstić information content (AvgIpc) is 2.45. The van der Waals surface area contributed by atoms with E-state index < -0.39 is 0 Å². The van der Waals surface area contributed by atoms with Crippen LogP contribution in [0.3, 0.4) is 0 Å². The molecular weight excluding hydrogens is 248 g/mol. The molecule has 0 spiro atoms. The second kappa shape index (κ2) is 4.77. The van der Waals surface area contributed by atoms with Gasteiger partial charge in [0.05, 0.1) is 12.7 Å². The number of nitriles is 1. The molecule has 4 bridgehead atoms. The van der Waals surface area contributed by atoms with Gasteiger partial charge in [-0.2, -0.15) is 5.26 Å². The fourth-order valence-corrected chi connectivity index (χ4v) is 5.80. The summed E-state index contributed by atoms with van der Waals surface area (Å²) in [5.41, 5.74) is 0.613. The van der Waals surface area contributed by atoms with Gasteiger partial charge < -0.3 is 9.64 Å². The van der Waals surface area contributed by atoms with Gasteiger partial charge in [0.25, 0.3) is 0 Å². The van der Waals surface area contributed by atoms with Crippen LogP contribution >= 0.6 is 0 Å². The molecule has 3 nitrogen and oxygen atoms in total. The Kier molecular flexibility index (Phi) is 3.03. The van der Waals surface area contributed by atoms with Gasteiger partial charge in [-0.15, -0.1) is 0 Å². The van der Waals surface area contributed by atoms with Crippen LogP contribution in [0.1, 0.15) is 32.1 Å². The maximum Gasteiger partial charge on any atom is 0.116 e. The smallest absolute Gasteiger partial charge is 0.116 e. The Morgan fingerprint density at radius 3 is 2.35 bits per heavy atom. The molecule has 0 radical (unpaired) electrons. The van der Waals surface area contributed by atoms with E-state index >= 15 is 0 Å². The van der Waals surface area contributed by atoms with Gasteiger partial charge in [0.2, 0.25) is 0 Å². The van der Waals surface area contributed by atoms with Gasteiger partial charge in [0.1, 0.15) is 11.8 Å². The third-order valence-corrected chi connectivity index (χ3v) is 6.33. The molecule has 0 N–H and O–H groups in total. The van der Waals surface area contributed by atoms with Crippen molar-refractivity contribution in [1.29, 1.82) is 5.26 Å². The molecule has 5 rings (SSSR count). The van der Waals surface area contributed by atoms with E-state index in [0.29, 0.717) is 11.8 Å². The Morgan fingerprint density at radius 2 is 1.75 bits per heavy atom. The molecule has 1 saturated heterocycles. The maximum absolute atomic E-state index is 9.05. The number of ether oxygens (including phenoxy) is 1.